The third-order valence-corrected chi connectivity index (χ3v) is 4.28. The summed E-state index contributed by atoms with van der Waals surface area (Å²) >= 11 is 6.39. The summed E-state index contributed by atoms with van der Waals surface area (Å²) in [5, 5.41) is 0.759. The first-order valence-corrected chi connectivity index (χ1v) is 7.30. The molecule has 0 fully saturated rings. The molecule has 2 heterocycles. The SMILES string of the molecule is COc1ccc(Cl)c2c1CN(Cc1cccnc1)C2CN. The number of aromatic nitrogens is 1. The summed E-state index contributed by atoms with van der Waals surface area (Å²) < 4.78 is 5.46. The van der Waals surface area contributed by atoms with Gasteiger partial charge in [0.15, 0.2) is 0 Å². The maximum Gasteiger partial charge on any atom is 0.123 e. The predicted molar refractivity (Wildman–Crippen MR) is 83.3 cm³/mol. The molecule has 1 aliphatic heterocycles. The van der Waals surface area contributed by atoms with Crippen molar-refractivity contribution in [1.29, 1.82) is 0 Å². The molecule has 2 N–H and O–H groups in total. The van der Waals surface area contributed by atoms with E-state index in [-0.39, 0.29) is 6.04 Å². The predicted octanol–water partition coefficient (Wildman–Crippen LogP) is 2.76. The topological polar surface area (TPSA) is 51.4 Å². The molecule has 3 rings (SSSR count). The van der Waals surface area contributed by atoms with Gasteiger partial charge < -0.3 is 10.5 Å². The van der Waals surface area contributed by atoms with Crippen LogP contribution in [-0.2, 0) is 13.1 Å². The van der Waals surface area contributed by atoms with Crippen LogP contribution in [0.2, 0.25) is 5.02 Å². The largest absolute Gasteiger partial charge is 0.496 e. The van der Waals surface area contributed by atoms with Crippen molar-refractivity contribution in [3.05, 3.63) is 58.4 Å². The molecule has 1 aliphatic rings. The van der Waals surface area contributed by atoms with E-state index in [0.29, 0.717) is 6.54 Å². The minimum atomic E-state index is 0.114. The van der Waals surface area contributed by atoms with Crippen LogP contribution >= 0.6 is 11.6 Å². The Morgan fingerprint density at radius 1 is 1.43 bits per heavy atom. The highest BCUT2D eigenvalue weighted by molar-refractivity contribution is 6.31. The summed E-state index contributed by atoms with van der Waals surface area (Å²) in [6, 6.07) is 7.94. The fraction of sp³-hybridized carbons (Fsp3) is 0.312. The lowest BCUT2D eigenvalue weighted by Gasteiger charge is -2.23. The van der Waals surface area contributed by atoms with Crippen LogP contribution in [0, 0.1) is 0 Å². The number of fused-ring (bicyclic) bond motifs is 1. The first-order chi connectivity index (χ1) is 10.2. The molecule has 1 aromatic carbocycles. The third kappa shape index (κ3) is 2.62. The molecule has 1 atom stereocenters. The Morgan fingerprint density at radius 3 is 2.95 bits per heavy atom. The fourth-order valence-corrected chi connectivity index (χ4v) is 3.29. The molecule has 0 saturated carbocycles. The van der Waals surface area contributed by atoms with Crippen LogP contribution < -0.4 is 10.5 Å². The smallest absolute Gasteiger partial charge is 0.123 e. The Kier molecular flexibility index (Phi) is 4.10. The molecular formula is C16H18ClN3O. The van der Waals surface area contributed by atoms with E-state index in [0.717, 1.165) is 35.0 Å². The number of benzene rings is 1. The molecular weight excluding hydrogens is 286 g/mol. The molecule has 110 valence electrons. The van der Waals surface area contributed by atoms with E-state index in [2.05, 4.69) is 16.0 Å². The summed E-state index contributed by atoms with van der Waals surface area (Å²) in [5.74, 6) is 0.876. The average Bonchev–Trinajstić information content (AvgIpc) is 2.88. The lowest BCUT2D eigenvalue weighted by Crippen LogP contribution is -2.27. The molecule has 0 aliphatic carbocycles. The minimum absolute atomic E-state index is 0.114. The van der Waals surface area contributed by atoms with Crippen molar-refractivity contribution in [2.45, 2.75) is 19.1 Å². The second kappa shape index (κ2) is 6.02. The zero-order valence-electron chi connectivity index (χ0n) is 11.9. The lowest BCUT2D eigenvalue weighted by atomic mass is 10.0. The molecule has 0 saturated heterocycles. The Labute approximate surface area is 129 Å². The van der Waals surface area contributed by atoms with Crippen LogP contribution in [0.25, 0.3) is 0 Å². The molecule has 1 unspecified atom stereocenters. The quantitative estimate of drug-likeness (QED) is 0.943. The second-order valence-electron chi connectivity index (χ2n) is 5.16. The normalized spacial score (nSPS) is 17.8. The van der Waals surface area contributed by atoms with E-state index in [4.69, 9.17) is 22.1 Å². The molecule has 5 heteroatoms. The van der Waals surface area contributed by atoms with Gasteiger partial charge >= 0.3 is 0 Å². The van der Waals surface area contributed by atoms with Crippen molar-refractivity contribution >= 4 is 11.6 Å². The van der Waals surface area contributed by atoms with Crippen LogP contribution in [-0.4, -0.2) is 23.5 Å². The minimum Gasteiger partial charge on any atom is -0.496 e. The van der Waals surface area contributed by atoms with Crippen molar-refractivity contribution in [3.63, 3.8) is 0 Å². The van der Waals surface area contributed by atoms with Crippen LogP contribution in [0.5, 0.6) is 5.75 Å². The van der Waals surface area contributed by atoms with Gasteiger partial charge in [0.25, 0.3) is 0 Å². The first-order valence-electron chi connectivity index (χ1n) is 6.93. The number of hydrogen-bond donors (Lipinski definition) is 1. The van der Waals surface area contributed by atoms with Gasteiger partial charge in [-0.2, -0.15) is 0 Å². The third-order valence-electron chi connectivity index (χ3n) is 3.95. The first kappa shape index (κ1) is 14.3. The van der Waals surface area contributed by atoms with Gasteiger partial charge in [0.1, 0.15) is 5.75 Å². The Hall–Kier alpha value is -1.62. The van der Waals surface area contributed by atoms with Gasteiger partial charge in [0.05, 0.1) is 7.11 Å². The number of ether oxygens (including phenoxy) is 1. The van der Waals surface area contributed by atoms with Gasteiger partial charge in [0.2, 0.25) is 0 Å². The van der Waals surface area contributed by atoms with Crippen LogP contribution in [0.4, 0.5) is 0 Å². The van der Waals surface area contributed by atoms with E-state index in [1.807, 2.05) is 24.4 Å². The van der Waals surface area contributed by atoms with E-state index in [9.17, 15) is 0 Å². The highest BCUT2D eigenvalue weighted by Crippen LogP contribution is 2.42. The standard InChI is InChI=1S/C16H18ClN3O/c1-21-15-5-4-13(17)16-12(15)10-20(14(16)7-18)9-11-3-2-6-19-8-11/h2-6,8,14H,7,9-10,18H2,1H3. The molecule has 2 aromatic rings. The molecule has 21 heavy (non-hydrogen) atoms. The average molecular weight is 304 g/mol. The number of rotatable bonds is 4. The Morgan fingerprint density at radius 2 is 2.29 bits per heavy atom. The maximum atomic E-state index is 6.39. The summed E-state index contributed by atoms with van der Waals surface area (Å²) in [7, 11) is 1.69. The summed E-state index contributed by atoms with van der Waals surface area (Å²) in [6.07, 6.45) is 3.66. The number of hydrogen-bond acceptors (Lipinski definition) is 4. The molecule has 4 nitrogen and oxygen atoms in total. The summed E-state index contributed by atoms with van der Waals surface area (Å²) in [5.41, 5.74) is 9.40. The molecule has 0 spiro atoms. The van der Waals surface area contributed by atoms with Crippen molar-refractivity contribution in [2.75, 3.05) is 13.7 Å². The van der Waals surface area contributed by atoms with Crippen LogP contribution in [0.1, 0.15) is 22.7 Å². The molecule has 0 radical (unpaired) electrons. The number of methoxy groups -OCH3 is 1. The fourth-order valence-electron chi connectivity index (χ4n) is 2.99. The summed E-state index contributed by atoms with van der Waals surface area (Å²) in [6.45, 7) is 2.11. The highest BCUT2D eigenvalue weighted by Gasteiger charge is 2.33. The Bertz CT molecular complexity index is 633. The van der Waals surface area contributed by atoms with Crippen molar-refractivity contribution in [2.24, 2.45) is 5.73 Å². The zero-order valence-corrected chi connectivity index (χ0v) is 12.7. The van der Waals surface area contributed by atoms with Gasteiger partial charge in [0, 0.05) is 48.7 Å². The summed E-state index contributed by atoms with van der Waals surface area (Å²) in [4.78, 5) is 6.48. The number of pyridine rings is 1. The molecule has 0 amide bonds. The van der Waals surface area contributed by atoms with Gasteiger partial charge in [-0.3, -0.25) is 9.88 Å². The highest BCUT2D eigenvalue weighted by atomic mass is 35.5. The Balaban J connectivity index is 1.94. The van der Waals surface area contributed by atoms with E-state index in [1.54, 1.807) is 13.3 Å². The molecule has 1 aromatic heterocycles. The zero-order chi connectivity index (χ0) is 14.8. The van der Waals surface area contributed by atoms with Crippen LogP contribution in [0.3, 0.4) is 0 Å². The van der Waals surface area contributed by atoms with Crippen molar-refractivity contribution < 1.29 is 4.74 Å². The molecule has 0 bridgehead atoms. The van der Waals surface area contributed by atoms with Crippen molar-refractivity contribution in [1.82, 2.24) is 9.88 Å². The van der Waals surface area contributed by atoms with Gasteiger partial charge in [-0.15, -0.1) is 0 Å². The van der Waals surface area contributed by atoms with Crippen molar-refractivity contribution in [3.8, 4) is 5.75 Å². The maximum absolute atomic E-state index is 6.39. The second-order valence-corrected chi connectivity index (χ2v) is 5.57. The van der Waals surface area contributed by atoms with E-state index < -0.39 is 0 Å². The number of nitrogens with zero attached hydrogens (tertiary/aromatic N) is 2. The van der Waals surface area contributed by atoms with E-state index in [1.165, 1.54) is 5.56 Å². The van der Waals surface area contributed by atoms with Crippen LogP contribution in [0.15, 0.2) is 36.7 Å². The number of nitrogens with two attached hydrogens (primary N) is 1. The monoisotopic (exact) mass is 303 g/mol. The van der Waals surface area contributed by atoms with Gasteiger partial charge in [-0.25, -0.2) is 0 Å². The number of halogens is 1. The van der Waals surface area contributed by atoms with Gasteiger partial charge in [-0.05, 0) is 29.3 Å². The van der Waals surface area contributed by atoms with E-state index >= 15 is 0 Å². The van der Waals surface area contributed by atoms with Gasteiger partial charge in [-0.1, -0.05) is 17.7 Å². The lowest BCUT2D eigenvalue weighted by molar-refractivity contribution is 0.210.